The molecular formula is C18H20FN3O5S. The highest BCUT2D eigenvalue weighted by molar-refractivity contribution is 7.89. The van der Waals surface area contributed by atoms with Crippen molar-refractivity contribution in [2.45, 2.75) is 24.7 Å². The van der Waals surface area contributed by atoms with E-state index in [1.807, 2.05) is 6.07 Å². The summed E-state index contributed by atoms with van der Waals surface area (Å²) in [5.41, 5.74) is 5.87. The molecule has 0 bridgehead atoms. The summed E-state index contributed by atoms with van der Waals surface area (Å²) in [5, 5.41) is 9.54. The quantitative estimate of drug-likeness (QED) is 0.735. The Kier molecular flexibility index (Phi) is 6.11. The zero-order chi connectivity index (χ0) is 21.2. The van der Waals surface area contributed by atoms with Crippen LogP contribution in [0.1, 0.15) is 25.3 Å². The number of carbonyl (C=O) groups excluding carboxylic acids is 1. The Hall–Kier alpha value is -2.90. The van der Waals surface area contributed by atoms with Crippen LogP contribution in [0.4, 0.5) is 4.39 Å². The van der Waals surface area contributed by atoms with Crippen molar-refractivity contribution in [1.29, 1.82) is 5.26 Å². The highest BCUT2D eigenvalue weighted by Crippen LogP contribution is 2.40. The summed E-state index contributed by atoms with van der Waals surface area (Å²) in [5.74, 6) is -2.87. The molecule has 0 saturated carbocycles. The van der Waals surface area contributed by atoms with Crippen molar-refractivity contribution in [3.8, 4) is 6.07 Å². The fourth-order valence-electron chi connectivity index (χ4n) is 2.78. The molecule has 1 aliphatic heterocycles. The van der Waals surface area contributed by atoms with Crippen LogP contribution in [0.15, 0.2) is 45.9 Å². The Bertz CT molecular complexity index is 1020. The van der Waals surface area contributed by atoms with Crippen LogP contribution in [0.25, 0.3) is 0 Å². The van der Waals surface area contributed by atoms with E-state index in [9.17, 15) is 22.9 Å². The minimum absolute atomic E-state index is 0.00703. The van der Waals surface area contributed by atoms with Crippen molar-refractivity contribution in [3.63, 3.8) is 0 Å². The lowest BCUT2D eigenvalue weighted by molar-refractivity contribution is -0.139. The largest absolute Gasteiger partial charge is 0.463 e. The Morgan fingerprint density at radius 3 is 2.61 bits per heavy atom. The number of hydrogen-bond acceptors (Lipinski definition) is 7. The molecule has 0 aromatic heterocycles. The number of rotatable bonds is 5. The van der Waals surface area contributed by atoms with E-state index >= 15 is 0 Å². The van der Waals surface area contributed by atoms with E-state index in [1.54, 1.807) is 6.92 Å². The van der Waals surface area contributed by atoms with Crippen molar-refractivity contribution < 1.29 is 27.1 Å². The molecule has 28 heavy (non-hydrogen) atoms. The van der Waals surface area contributed by atoms with E-state index < -0.39 is 32.6 Å². The van der Waals surface area contributed by atoms with Gasteiger partial charge in [0.05, 0.1) is 18.1 Å². The van der Waals surface area contributed by atoms with Crippen molar-refractivity contribution in [2.75, 3.05) is 20.7 Å². The Morgan fingerprint density at radius 1 is 1.43 bits per heavy atom. The number of esters is 1. The average Bonchev–Trinajstić information content (AvgIpc) is 2.61. The maximum Gasteiger partial charge on any atom is 0.338 e. The lowest BCUT2D eigenvalue weighted by Gasteiger charge is -2.27. The van der Waals surface area contributed by atoms with E-state index in [4.69, 9.17) is 15.2 Å². The Morgan fingerprint density at radius 2 is 2.07 bits per heavy atom. The second-order valence-electron chi connectivity index (χ2n) is 6.09. The first-order valence-electron chi connectivity index (χ1n) is 8.23. The molecular weight excluding hydrogens is 389 g/mol. The van der Waals surface area contributed by atoms with Gasteiger partial charge in [-0.2, -0.15) is 5.26 Å². The predicted molar refractivity (Wildman–Crippen MR) is 97.3 cm³/mol. The number of halogens is 1. The molecule has 2 N–H and O–H groups in total. The highest BCUT2D eigenvalue weighted by atomic mass is 32.2. The number of ether oxygens (including phenoxy) is 2. The van der Waals surface area contributed by atoms with Crippen LogP contribution >= 0.6 is 0 Å². The van der Waals surface area contributed by atoms with Gasteiger partial charge in [0.2, 0.25) is 15.9 Å². The van der Waals surface area contributed by atoms with Crippen molar-refractivity contribution >= 4 is 16.0 Å². The third-order valence-electron chi connectivity index (χ3n) is 4.15. The van der Waals surface area contributed by atoms with E-state index in [0.29, 0.717) is 0 Å². The van der Waals surface area contributed by atoms with Gasteiger partial charge in [0.1, 0.15) is 28.1 Å². The number of nitrogens with zero attached hydrogens (tertiary/aromatic N) is 2. The van der Waals surface area contributed by atoms with Gasteiger partial charge in [-0.05, 0) is 31.5 Å². The number of nitrogens with two attached hydrogens (primary N) is 1. The third kappa shape index (κ3) is 3.72. The van der Waals surface area contributed by atoms with Crippen molar-refractivity contribution in [1.82, 2.24) is 4.31 Å². The van der Waals surface area contributed by atoms with Gasteiger partial charge in [-0.1, -0.05) is 6.07 Å². The molecule has 0 fully saturated rings. The van der Waals surface area contributed by atoms with Gasteiger partial charge in [0, 0.05) is 14.1 Å². The molecule has 0 spiro atoms. The summed E-state index contributed by atoms with van der Waals surface area (Å²) in [6, 6.07) is 5.21. The predicted octanol–water partition coefficient (Wildman–Crippen LogP) is 1.72. The lowest BCUT2D eigenvalue weighted by Crippen LogP contribution is -2.26. The molecule has 0 saturated heterocycles. The molecule has 1 aromatic carbocycles. The van der Waals surface area contributed by atoms with Crippen LogP contribution in [0.3, 0.4) is 0 Å². The summed E-state index contributed by atoms with van der Waals surface area (Å²) < 4.78 is 50.3. The van der Waals surface area contributed by atoms with Crippen LogP contribution in [0.2, 0.25) is 0 Å². The summed E-state index contributed by atoms with van der Waals surface area (Å²) >= 11 is 0. The molecule has 0 aliphatic carbocycles. The van der Waals surface area contributed by atoms with E-state index in [-0.39, 0.29) is 35.0 Å². The fourth-order valence-corrected chi connectivity index (χ4v) is 3.77. The minimum atomic E-state index is -4.10. The number of benzene rings is 1. The summed E-state index contributed by atoms with van der Waals surface area (Å²) in [7, 11) is -1.57. The molecule has 1 aliphatic rings. The van der Waals surface area contributed by atoms with Crippen LogP contribution < -0.4 is 5.73 Å². The highest BCUT2D eigenvalue weighted by Gasteiger charge is 2.37. The zero-order valence-electron chi connectivity index (χ0n) is 15.8. The topological polar surface area (TPSA) is 123 Å². The molecule has 0 radical (unpaired) electrons. The van der Waals surface area contributed by atoms with Crippen molar-refractivity contribution in [2.24, 2.45) is 5.73 Å². The summed E-state index contributed by atoms with van der Waals surface area (Å²) in [6.45, 7) is 3.16. The number of nitriles is 1. The van der Waals surface area contributed by atoms with Gasteiger partial charge in [0.15, 0.2) is 0 Å². The van der Waals surface area contributed by atoms with E-state index in [2.05, 4.69) is 0 Å². The first-order valence-corrected chi connectivity index (χ1v) is 9.67. The molecule has 1 atom stereocenters. The Labute approximate surface area is 162 Å². The first kappa shape index (κ1) is 21.4. The summed E-state index contributed by atoms with van der Waals surface area (Å²) in [4.78, 5) is 11.9. The molecule has 1 aromatic rings. The first-order chi connectivity index (χ1) is 13.1. The van der Waals surface area contributed by atoms with Gasteiger partial charge < -0.3 is 15.2 Å². The van der Waals surface area contributed by atoms with Gasteiger partial charge in [-0.15, -0.1) is 0 Å². The van der Waals surface area contributed by atoms with Crippen LogP contribution in [0.5, 0.6) is 0 Å². The van der Waals surface area contributed by atoms with Gasteiger partial charge in [0.25, 0.3) is 0 Å². The van der Waals surface area contributed by atoms with E-state index in [0.717, 1.165) is 16.4 Å². The minimum Gasteiger partial charge on any atom is -0.463 e. The molecule has 1 heterocycles. The second-order valence-corrected chi connectivity index (χ2v) is 8.21. The van der Waals surface area contributed by atoms with Crippen LogP contribution in [0, 0.1) is 17.1 Å². The Balaban J connectivity index is 2.76. The molecule has 10 heteroatoms. The van der Waals surface area contributed by atoms with Crippen molar-refractivity contribution in [3.05, 3.63) is 52.4 Å². The molecule has 2 rings (SSSR count). The zero-order valence-corrected chi connectivity index (χ0v) is 16.6. The number of allylic oxidation sites excluding steroid dienone is 2. The number of carbonyl (C=O) groups is 1. The SMILES string of the molecule is CCOC(=O)C1=C(C)OC(N)=C(C#N)C1c1ccc(F)c(S(=O)(=O)N(C)C)c1. The maximum atomic E-state index is 14.3. The fraction of sp³-hybridized carbons (Fsp3) is 0.333. The third-order valence-corrected chi connectivity index (χ3v) is 5.98. The lowest BCUT2D eigenvalue weighted by atomic mass is 9.83. The molecule has 150 valence electrons. The second kappa shape index (κ2) is 8.00. The smallest absolute Gasteiger partial charge is 0.338 e. The number of hydrogen-bond donors (Lipinski definition) is 1. The molecule has 8 nitrogen and oxygen atoms in total. The average molecular weight is 409 g/mol. The van der Waals surface area contributed by atoms with Crippen LogP contribution in [-0.2, 0) is 24.3 Å². The molecule has 0 amide bonds. The monoisotopic (exact) mass is 409 g/mol. The van der Waals surface area contributed by atoms with Crippen LogP contribution in [-0.4, -0.2) is 39.4 Å². The summed E-state index contributed by atoms with van der Waals surface area (Å²) in [6.07, 6.45) is 0. The van der Waals surface area contributed by atoms with E-state index in [1.165, 1.54) is 27.1 Å². The standard InChI is InChI=1S/C18H20FN3O5S/c1-5-26-18(23)15-10(2)27-17(21)12(9-20)16(15)11-6-7-13(19)14(8-11)28(24,25)22(3)4/h6-8,16H,5,21H2,1-4H3. The maximum absolute atomic E-state index is 14.3. The van der Waals surface area contributed by atoms with Gasteiger partial charge in [-0.3, -0.25) is 0 Å². The normalized spacial score (nSPS) is 17.4. The van der Waals surface area contributed by atoms with Gasteiger partial charge >= 0.3 is 5.97 Å². The molecule has 1 unspecified atom stereocenters. The van der Waals surface area contributed by atoms with Gasteiger partial charge in [-0.25, -0.2) is 21.9 Å². The number of sulfonamides is 1.